The Kier molecular flexibility index (Phi) is 4.19. The molecule has 0 aromatic heterocycles. The Bertz CT molecular complexity index is 369. The zero-order valence-corrected chi connectivity index (χ0v) is 10.8. The van der Waals surface area contributed by atoms with Crippen molar-refractivity contribution >= 4 is 0 Å². The highest BCUT2D eigenvalue weighted by atomic mass is 16.5. The van der Waals surface area contributed by atoms with Crippen LogP contribution in [0.2, 0.25) is 0 Å². The van der Waals surface area contributed by atoms with Gasteiger partial charge in [0.1, 0.15) is 0 Å². The van der Waals surface area contributed by atoms with Gasteiger partial charge in [-0.05, 0) is 42.4 Å². The van der Waals surface area contributed by atoms with Gasteiger partial charge in [0.15, 0.2) is 0 Å². The van der Waals surface area contributed by atoms with E-state index in [1.807, 2.05) is 6.92 Å². The van der Waals surface area contributed by atoms with Gasteiger partial charge in [0.25, 0.3) is 0 Å². The molecule has 0 spiro atoms. The van der Waals surface area contributed by atoms with Gasteiger partial charge >= 0.3 is 0 Å². The Morgan fingerprint density at radius 3 is 2.76 bits per heavy atom. The predicted octanol–water partition coefficient (Wildman–Crippen LogP) is 2.50. The van der Waals surface area contributed by atoms with Gasteiger partial charge < -0.3 is 9.84 Å². The molecule has 0 aliphatic heterocycles. The summed E-state index contributed by atoms with van der Waals surface area (Å²) in [7, 11) is 1.67. The molecule has 1 aromatic carbocycles. The van der Waals surface area contributed by atoms with Gasteiger partial charge in [-0.1, -0.05) is 25.1 Å². The Morgan fingerprint density at radius 1 is 1.29 bits per heavy atom. The average molecular weight is 234 g/mol. The standard InChI is InChI=1S/C15H22O2/c1-3-15(17-2)14(16)10-11-7-8-12-5-4-6-13(12)9-11/h7-9,14-16H,3-6,10H2,1-2H3. The summed E-state index contributed by atoms with van der Waals surface area (Å²) in [4.78, 5) is 0. The first-order valence-electron chi connectivity index (χ1n) is 6.56. The van der Waals surface area contributed by atoms with Crippen molar-refractivity contribution in [1.29, 1.82) is 0 Å². The lowest BCUT2D eigenvalue weighted by Crippen LogP contribution is -2.29. The fourth-order valence-electron chi connectivity index (χ4n) is 2.72. The van der Waals surface area contributed by atoms with Gasteiger partial charge in [-0.25, -0.2) is 0 Å². The zero-order chi connectivity index (χ0) is 12.3. The Hall–Kier alpha value is -0.860. The minimum atomic E-state index is -0.399. The van der Waals surface area contributed by atoms with E-state index in [2.05, 4.69) is 18.2 Å². The van der Waals surface area contributed by atoms with Crippen molar-refractivity contribution in [2.24, 2.45) is 0 Å². The first-order valence-corrected chi connectivity index (χ1v) is 6.56. The van der Waals surface area contributed by atoms with Crippen LogP contribution in [0.25, 0.3) is 0 Å². The highest BCUT2D eigenvalue weighted by Crippen LogP contribution is 2.23. The number of benzene rings is 1. The average Bonchev–Trinajstić information content (AvgIpc) is 2.77. The lowest BCUT2D eigenvalue weighted by atomic mass is 9.99. The second-order valence-corrected chi connectivity index (χ2v) is 4.91. The van der Waals surface area contributed by atoms with Crippen molar-refractivity contribution in [2.75, 3.05) is 7.11 Å². The van der Waals surface area contributed by atoms with E-state index in [-0.39, 0.29) is 6.10 Å². The summed E-state index contributed by atoms with van der Waals surface area (Å²) in [5, 5.41) is 10.1. The van der Waals surface area contributed by atoms with E-state index >= 15 is 0 Å². The van der Waals surface area contributed by atoms with Gasteiger partial charge in [0.2, 0.25) is 0 Å². The van der Waals surface area contributed by atoms with E-state index in [4.69, 9.17) is 4.74 Å². The summed E-state index contributed by atoms with van der Waals surface area (Å²) < 4.78 is 5.28. The molecule has 0 amide bonds. The van der Waals surface area contributed by atoms with E-state index < -0.39 is 6.10 Å². The minimum absolute atomic E-state index is 0.0525. The first kappa shape index (κ1) is 12.6. The number of aliphatic hydroxyl groups is 1. The normalized spacial score (nSPS) is 17.8. The zero-order valence-electron chi connectivity index (χ0n) is 10.8. The lowest BCUT2D eigenvalue weighted by molar-refractivity contribution is -0.0128. The lowest BCUT2D eigenvalue weighted by Gasteiger charge is -2.20. The molecular formula is C15H22O2. The maximum absolute atomic E-state index is 10.1. The van der Waals surface area contributed by atoms with Crippen molar-refractivity contribution in [3.05, 3.63) is 34.9 Å². The summed E-state index contributed by atoms with van der Waals surface area (Å²) in [6.07, 6.45) is 4.78. The molecule has 2 atom stereocenters. The molecule has 0 saturated heterocycles. The third-order valence-electron chi connectivity index (χ3n) is 3.74. The molecule has 1 aliphatic carbocycles. The summed E-state index contributed by atoms with van der Waals surface area (Å²) >= 11 is 0. The molecule has 0 fully saturated rings. The molecule has 1 aromatic rings. The molecule has 1 aliphatic rings. The third kappa shape index (κ3) is 2.88. The van der Waals surface area contributed by atoms with Crippen LogP contribution in [0.5, 0.6) is 0 Å². The van der Waals surface area contributed by atoms with Crippen molar-refractivity contribution in [1.82, 2.24) is 0 Å². The van der Waals surface area contributed by atoms with Crippen LogP contribution >= 0.6 is 0 Å². The van der Waals surface area contributed by atoms with Crippen LogP contribution in [0.15, 0.2) is 18.2 Å². The van der Waals surface area contributed by atoms with Gasteiger partial charge in [0, 0.05) is 13.5 Å². The number of aliphatic hydroxyl groups excluding tert-OH is 1. The molecular weight excluding hydrogens is 212 g/mol. The van der Waals surface area contributed by atoms with Crippen LogP contribution in [0.3, 0.4) is 0 Å². The monoisotopic (exact) mass is 234 g/mol. The fraction of sp³-hybridized carbons (Fsp3) is 0.600. The van der Waals surface area contributed by atoms with E-state index in [1.165, 1.54) is 36.0 Å². The van der Waals surface area contributed by atoms with Crippen LogP contribution in [0.1, 0.15) is 36.5 Å². The van der Waals surface area contributed by atoms with Gasteiger partial charge in [-0.15, -0.1) is 0 Å². The van der Waals surface area contributed by atoms with Crippen molar-refractivity contribution < 1.29 is 9.84 Å². The molecule has 17 heavy (non-hydrogen) atoms. The van der Waals surface area contributed by atoms with Crippen LogP contribution in [0, 0.1) is 0 Å². The molecule has 2 rings (SSSR count). The Labute approximate surface area is 104 Å². The molecule has 94 valence electrons. The topological polar surface area (TPSA) is 29.5 Å². The second-order valence-electron chi connectivity index (χ2n) is 4.91. The Morgan fingerprint density at radius 2 is 2.06 bits per heavy atom. The van der Waals surface area contributed by atoms with Crippen molar-refractivity contribution in [3.8, 4) is 0 Å². The summed E-state index contributed by atoms with van der Waals surface area (Å²) in [6, 6.07) is 6.63. The summed E-state index contributed by atoms with van der Waals surface area (Å²) in [6.45, 7) is 2.04. The van der Waals surface area contributed by atoms with Crippen LogP contribution in [0.4, 0.5) is 0 Å². The maximum atomic E-state index is 10.1. The number of ether oxygens (including phenoxy) is 1. The van der Waals surface area contributed by atoms with Crippen LogP contribution < -0.4 is 0 Å². The van der Waals surface area contributed by atoms with Gasteiger partial charge in [0.05, 0.1) is 12.2 Å². The third-order valence-corrected chi connectivity index (χ3v) is 3.74. The molecule has 2 nitrogen and oxygen atoms in total. The predicted molar refractivity (Wildman–Crippen MR) is 69.3 cm³/mol. The Balaban J connectivity index is 2.03. The van der Waals surface area contributed by atoms with Crippen LogP contribution in [-0.4, -0.2) is 24.4 Å². The van der Waals surface area contributed by atoms with Crippen LogP contribution in [-0.2, 0) is 24.0 Å². The smallest absolute Gasteiger partial charge is 0.0841 e. The molecule has 0 bridgehead atoms. The van der Waals surface area contributed by atoms with Crippen molar-refractivity contribution in [3.63, 3.8) is 0 Å². The first-order chi connectivity index (χ1) is 8.24. The van der Waals surface area contributed by atoms with Gasteiger partial charge in [-0.2, -0.15) is 0 Å². The van der Waals surface area contributed by atoms with E-state index in [0.717, 1.165) is 6.42 Å². The molecule has 1 N–H and O–H groups in total. The number of aryl methyl sites for hydroxylation is 2. The summed E-state index contributed by atoms with van der Waals surface area (Å²) in [5.41, 5.74) is 4.19. The maximum Gasteiger partial charge on any atom is 0.0841 e. The molecule has 2 heteroatoms. The second kappa shape index (κ2) is 5.65. The SMILES string of the molecule is CCC(OC)C(O)Cc1ccc2c(c1)CCC2. The molecule has 0 heterocycles. The highest BCUT2D eigenvalue weighted by molar-refractivity contribution is 5.35. The quantitative estimate of drug-likeness (QED) is 0.848. The largest absolute Gasteiger partial charge is 0.390 e. The molecule has 0 saturated carbocycles. The molecule has 2 unspecified atom stereocenters. The van der Waals surface area contributed by atoms with Gasteiger partial charge in [-0.3, -0.25) is 0 Å². The number of fused-ring (bicyclic) bond motifs is 1. The minimum Gasteiger partial charge on any atom is -0.390 e. The number of hydrogen-bond acceptors (Lipinski definition) is 2. The van der Waals surface area contributed by atoms with Crippen molar-refractivity contribution in [2.45, 2.75) is 51.2 Å². The van der Waals surface area contributed by atoms with E-state index in [9.17, 15) is 5.11 Å². The highest BCUT2D eigenvalue weighted by Gasteiger charge is 2.18. The van der Waals surface area contributed by atoms with E-state index in [0.29, 0.717) is 6.42 Å². The fourth-order valence-corrected chi connectivity index (χ4v) is 2.72. The van der Waals surface area contributed by atoms with E-state index in [1.54, 1.807) is 7.11 Å². The number of hydrogen-bond donors (Lipinski definition) is 1. The number of methoxy groups -OCH3 is 1. The number of rotatable bonds is 5. The molecule has 0 radical (unpaired) electrons. The summed E-state index contributed by atoms with van der Waals surface area (Å²) in [5.74, 6) is 0.